The molecule has 4 nitrogen and oxygen atoms in total. The van der Waals surface area contributed by atoms with Gasteiger partial charge in [-0.1, -0.05) is 36.9 Å². The lowest BCUT2D eigenvalue weighted by Crippen LogP contribution is -2.35. The van der Waals surface area contributed by atoms with Crippen LogP contribution in [0.5, 0.6) is 0 Å². The van der Waals surface area contributed by atoms with Crippen LogP contribution >= 0.6 is 11.6 Å². The van der Waals surface area contributed by atoms with Crippen molar-refractivity contribution in [2.75, 3.05) is 6.54 Å². The number of nitrogens with zero attached hydrogens (tertiary/aromatic N) is 1. The van der Waals surface area contributed by atoms with Crippen molar-refractivity contribution in [2.45, 2.75) is 38.5 Å². The summed E-state index contributed by atoms with van der Waals surface area (Å²) in [6.07, 6.45) is 6.37. The first-order chi connectivity index (χ1) is 9.06. The zero-order valence-corrected chi connectivity index (χ0v) is 11.7. The average Bonchev–Trinajstić information content (AvgIpc) is 2.42. The van der Waals surface area contributed by atoms with Crippen LogP contribution in [-0.2, 0) is 6.42 Å². The maximum atomic E-state index is 11.1. The molecule has 1 fully saturated rings. The van der Waals surface area contributed by atoms with Crippen molar-refractivity contribution in [3.63, 3.8) is 0 Å². The van der Waals surface area contributed by atoms with E-state index in [0.29, 0.717) is 18.0 Å². The van der Waals surface area contributed by atoms with E-state index in [0.717, 1.165) is 18.4 Å². The molecule has 0 aliphatic heterocycles. The molecule has 0 spiro atoms. The third kappa shape index (κ3) is 3.25. The van der Waals surface area contributed by atoms with E-state index in [4.69, 9.17) is 17.3 Å². The van der Waals surface area contributed by atoms with Crippen LogP contribution in [0.1, 0.15) is 37.7 Å². The van der Waals surface area contributed by atoms with Crippen LogP contribution in [0, 0.1) is 15.5 Å². The SMILES string of the molecule is NCC1(Cc2ccc(Cl)cc2[N+](=O)[O-])CCCCC1. The second-order valence-corrected chi connectivity index (χ2v) is 5.91. The van der Waals surface area contributed by atoms with Crippen molar-refractivity contribution in [1.82, 2.24) is 0 Å². The van der Waals surface area contributed by atoms with Gasteiger partial charge in [0.25, 0.3) is 5.69 Å². The molecule has 0 amide bonds. The second kappa shape index (κ2) is 5.88. The highest BCUT2D eigenvalue weighted by atomic mass is 35.5. The summed E-state index contributed by atoms with van der Waals surface area (Å²) in [6, 6.07) is 4.92. The number of nitro benzene ring substituents is 1. The van der Waals surface area contributed by atoms with Crippen LogP contribution < -0.4 is 5.73 Å². The van der Waals surface area contributed by atoms with Gasteiger partial charge in [-0.05, 0) is 37.3 Å². The van der Waals surface area contributed by atoms with E-state index in [1.807, 2.05) is 0 Å². The summed E-state index contributed by atoms with van der Waals surface area (Å²) in [7, 11) is 0. The zero-order chi connectivity index (χ0) is 13.9. The molecule has 1 aliphatic carbocycles. The molecule has 0 heterocycles. The predicted molar refractivity (Wildman–Crippen MR) is 76.4 cm³/mol. The molecular formula is C14H19ClN2O2. The Labute approximate surface area is 118 Å². The first kappa shape index (κ1) is 14.3. The Balaban J connectivity index is 2.28. The molecule has 0 atom stereocenters. The third-order valence-electron chi connectivity index (χ3n) is 4.16. The van der Waals surface area contributed by atoms with Gasteiger partial charge in [0.15, 0.2) is 0 Å². The number of halogens is 1. The molecule has 2 rings (SSSR count). The molecule has 0 bridgehead atoms. The van der Waals surface area contributed by atoms with E-state index in [-0.39, 0.29) is 16.0 Å². The highest BCUT2D eigenvalue weighted by Crippen LogP contribution is 2.40. The summed E-state index contributed by atoms with van der Waals surface area (Å²) in [5, 5.41) is 11.5. The average molecular weight is 283 g/mol. The molecule has 19 heavy (non-hydrogen) atoms. The Morgan fingerprint density at radius 2 is 2.00 bits per heavy atom. The minimum Gasteiger partial charge on any atom is -0.330 e. The minimum absolute atomic E-state index is 0.0246. The van der Waals surface area contributed by atoms with E-state index >= 15 is 0 Å². The largest absolute Gasteiger partial charge is 0.330 e. The summed E-state index contributed by atoms with van der Waals surface area (Å²) in [5.41, 5.74) is 6.84. The third-order valence-corrected chi connectivity index (χ3v) is 4.39. The maximum absolute atomic E-state index is 11.1. The fourth-order valence-corrected chi connectivity index (χ4v) is 3.18. The fourth-order valence-electron chi connectivity index (χ4n) is 3.02. The van der Waals surface area contributed by atoms with Crippen LogP contribution in [0.3, 0.4) is 0 Å². The van der Waals surface area contributed by atoms with Gasteiger partial charge in [-0.15, -0.1) is 0 Å². The molecule has 104 valence electrons. The molecule has 0 aromatic heterocycles. The quantitative estimate of drug-likeness (QED) is 0.676. The number of hydrogen-bond donors (Lipinski definition) is 1. The van der Waals surface area contributed by atoms with Gasteiger partial charge < -0.3 is 5.73 Å². The van der Waals surface area contributed by atoms with Gasteiger partial charge in [0, 0.05) is 16.7 Å². The van der Waals surface area contributed by atoms with Gasteiger partial charge in [-0.3, -0.25) is 10.1 Å². The van der Waals surface area contributed by atoms with Gasteiger partial charge in [-0.2, -0.15) is 0 Å². The molecule has 0 unspecified atom stereocenters. The zero-order valence-electron chi connectivity index (χ0n) is 10.9. The van der Waals surface area contributed by atoms with Gasteiger partial charge in [0.05, 0.1) is 4.92 Å². The van der Waals surface area contributed by atoms with E-state index in [1.165, 1.54) is 25.3 Å². The standard InChI is InChI=1S/C14H19ClN2O2/c15-12-5-4-11(13(8-12)17(18)19)9-14(10-16)6-2-1-3-7-14/h4-5,8H,1-3,6-7,9-10,16H2. The molecule has 1 aliphatic rings. The van der Waals surface area contributed by atoms with Crippen LogP contribution in [0.2, 0.25) is 5.02 Å². The van der Waals surface area contributed by atoms with Crippen molar-refractivity contribution >= 4 is 17.3 Å². The monoisotopic (exact) mass is 282 g/mol. The summed E-state index contributed by atoms with van der Waals surface area (Å²) >= 11 is 5.84. The number of benzene rings is 1. The van der Waals surface area contributed by atoms with Crippen molar-refractivity contribution < 1.29 is 4.92 Å². The molecule has 1 aromatic rings. The lowest BCUT2D eigenvalue weighted by Gasteiger charge is -2.36. The van der Waals surface area contributed by atoms with E-state index < -0.39 is 0 Å². The van der Waals surface area contributed by atoms with E-state index in [9.17, 15) is 10.1 Å². The van der Waals surface area contributed by atoms with E-state index in [2.05, 4.69) is 0 Å². The minimum atomic E-state index is -0.353. The second-order valence-electron chi connectivity index (χ2n) is 5.47. The van der Waals surface area contributed by atoms with Crippen molar-refractivity contribution in [2.24, 2.45) is 11.1 Å². The molecule has 0 radical (unpaired) electrons. The van der Waals surface area contributed by atoms with Crippen LogP contribution in [0.4, 0.5) is 5.69 Å². The normalized spacial score (nSPS) is 18.2. The Morgan fingerprint density at radius 1 is 1.32 bits per heavy atom. The predicted octanol–water partition coefficient (Wildman–Crippen LogP) is 3.70. The number of nitrogens with two attached hydrogens (primary N) is 1. The van der Waals surface area contributed by atoms with Gasteiger partial charge in [-0.25, -0.2) is 0 Å². The van der Waals surface area contributed by atoms with Gasteiger partial charge in [0.1, 0.15) is 0 Å². The fraction of sp³-hybridized carbons (Fsp3) is 0.571. The van der Waals surface area contributed by atoms with Crippen molar-refractivity contribution in [3.05, 3.63) is 38.9 Å². The Bertz CT molecular complexity index is 471. The summed E-state index contributed by atoms with van der Waals surface area (Å²) in [6.45, 7) is 0.590. The Morgan fingerprint density at radius 3 is 2.58 bits per heavy atom. The summed E-state index contributed by atoms with van der Waals surface area (Å²) in [5.74, 6) is 0. The van der Waals surface area contributed by atoms with Crippen LogP contribution in [0.25, 0.3) is 0 Å². The molecule has 5 heteroatoms. The first-order valence-corrected chi connectivity index (χ1v) is 7.07. The molecule has 1 aromatic carbocycles. The molecule has 2 N–H and O–H groups in total. The number of rotatable bonds is 4. The molecular weight excluding hydrogens is 264 g/mol. The molecule has 0 saturated heterocycles. The van der Waals surface area contributed by atoms with Gasteiger partial charge >= 0.3 is 0 Å². The number of nitro groups is 1. The number of hydrogen-bond acceptors (Lipinski definition) is 3. The Kier molecular flexibility index (Phi) is 4.42. The maximum Gasteiger partial charge on any atom is 0.274 e. The molecule has 1 saturated carbocycles. The Hall–Kier alpha value is -1.13. The topological polar surface area (TPSA) is 69.2 Å². The van der Waals surface area contributed by atoms with Crippen molar-refractivity contribution in [1.29, 1.82) is 0 Å². The first-order valence-electron chi connectivity index (χ1n) is 6.69. The lowest BCUT2D eigenvalue weighted by atomic mass is 9.70. The highest BCUT2D eigenvalue weighted by Gasteiger charge is 2.33. The smallest absolute Gasteiger partial charge is 0.274 e. The van der Waals surface area contributed by atoms with Crippen molar-refractivity contribution in [3.8, 4) is 0 Å². The van der Waals surface area contributed by atoms with Crippen LogP contribution in [0.15, 0.2) is 18.2 Å². The summed E-state index contributed by atoms with van der Waals surface area (Å²) < 4.78 is 0. The van der Waals surface area contributed by atoms with E-state index in [1.54, 1.807) is 12.1 Å². The lowest BCUT2D eigenvalue weighted by molar-refractivity contribution is -0.385. The van der Waals surface area contributed by atoms with Crippen LogP contribution in [-0.4, -0.2) is 11.5 Å². The highest BCUT2D eigenvalue weighted by molar-refractivity contribution is 6.30. The summed E-state index contributed by atoms with van der Waals surface area (Å²) in [4.78, 5) is 10.8. The van der Waals surface area contributed by atoms with Gasteiger partial charge in [0.2, 0.25) is 0 Å².